The van der Waals surface area contributed by atoms with E-state index >= 15 is 0 Å². The first-order valence-electron chi connectivity index (χ1n) is 4.91. The number of nitrogens with zero attached hydrogens (tertiary/aromatic N) is 2. The van der Waals surface area contributed by atoms with Gasteiger partial charge in [-0.3, -0.25) is 0 Å². The first-order chi connectivity index (χ1) is 6.29. The molecule has 1 aromatic rings. The summed E-state index contributed by atoms with van der Waals surface area (Å²) < 4.78 is 1.97. The third-order valence-corrected chi connectivity index (χ3v) is 1.88. The van der Waals surface area contributed by atoms with Crippen molar-refractivity contribution in [2.45, 2.75) is 40.7 Å². The molecule has 3 heteroatoms. The first-order valence-corrected chi connectivity index (χ1v) is 4.91. The zero-order valence-electron chi connectivity index (χ0n) is 9.04. The Labute approximate surface area is 80.4 Å². The maximum absolute atomic E-state index is 8.68. The fourth-order valence-electron chi connectivity index (χ4n) is 1.17. The number of hydrogen-bond donors (Lipinski definition) is 1. The molecule has 13 heavy (non-hydrogen) atoms. The lowest BCUT2D eigenvalue weighted by molar-refractivity contribution is 0.275. The number of hydrogen-bond acceptors (Lipinski definition) is 2. The highest BCUT2D eigenvalue weighted by Gasteiger charge is 2.02. The van der Waals surface area contributed by atoms with Crippen molar-refractivity contribution in [3.63, 3.8) is 0 Å². The Morgan fingerprint density at radius 2 is 2.08 bits per heavy atom. The van der Waals surface area contributed by atoms with Crippen molar-refractivity contribution >= 4 is 0 Å². The summed E-state index contributed by atoms with van der Waals surface area (Å²) in [6.07, 6.45) is 2.74. The molecule has 0 aliphatic carbocycles. The van der Waals surface area contributed by atoms with Crippen LogP contribution in [-0.4, -0.2) is 21.3 Å². The highest BCUT2D eigenvalue weighted by Crippen LogP contribution is 2.05. The number of rotatable bonds is 3. The number of aryl methyl sites for hydroxylation is 1. The largest absolute Gasteiger partial charge is 0.395 e. The van der Waals surface area contributed by atoms with Crippen molar-refractivity contribution in [1.29, 1.82) is 0 Å². The molecule has 0 amide bonds. The third-order valence-electron chi connectivity index (χ3n) is 1.88. The van der Waals surface area contributed by atoms with Crippen molar-refractivity contribution in [2.24, 2.45) is 0 Å². The van der Waals surface area contributed by atoms with Crippen LogP contribution in [0.15, 0.2) is 6.33 Å². The topological polar surface area (TPSA) is 38.0 Å². The minimum absolute atomic E-state index is 0.181. The van der Waals surface area contributed by atoms with E-state index in [0.717, 1.165) is 12.1 Å². The molecule has 0 aliphatic rings. The fraction of sp³-hybridized carbons (Fsp3) is 0.700. The standard InChI is InChI=1S/C8H14N2O.C2H6/c1-3-8-7(2)10(4-5-11)6-9-8;1-2/h6,11H,3-5H2,1-2H3;1-2H3. The summed E-state index contributed by atoms with van der Waals surface area (Å²) in [5, 5.41) is 8.68. The van der Waals surface area contributed by atoms with Crippen molar-refractivity contribution in [1.82, 2.24) is 9.55 Å². The summed E-state index contributed by atoms with van der Waals surface area (Å²) in [6, 6.07) is 0. The summed E-state index contributed by atoms with van der Waals surface area (Å²) in [5.41, 5.74) is 2.29. The van der Waals surface area contributed by atoms with Crippen molar-refractivity contribution in [3.8, 4) is 0 Å². The van der Waals surface area contributed by atoms with E-state index in [1.807, 2.05) is 25.3 Å². The van der Waals surface area contributed by atoms with Crippen LogP contribution in [0.25, 0.3) is 0 Å². The minimum atomic E-state index is 0.181. The second kappa shape index (κ2) is 6.66. The van der Waals surface area contributed by atoms with Crippen LogP contribution in [0.4, 0.5) is 0 Å². The van der Waals surface area contributed by atoms with E-state index < -0.39 is 0 Å². The molecule has 0 unspecified atom stereocenters. The highest BCUT2D eigenvalue weighted by atomic mass is 16.3. The average molecular weight is 184 g/mol. The molecule has 0 aliphatic heterocycles. The minimum Gasteiger partial charge on any atom is -0.395 e. The molecule has 3 nitrogen and oxygen atoms in total. The molecule has 0 fully saturated rings. The zero-order valence-corrected chi connectivity index (χ0v) is 9.04. The van der Waals surface area contributed by atoms with E-state index in [0.29, 0.717) is 6.54 Å². The second-order valence-electron chi connectivity index (χ2n) is 2.55. The van der Waals surface area contributed by atoms with Gasteiger partial charge in [-0.15, -0.1) is 0 Å². The summed E-state index contributed by atoms with van der Waals surface area (Å²) in [7, 11) is 0. The predicted octanol–water partition coefficient (Wildman–Crippen LogP) is 1.77. The number of aliphatic hydroxyl groups excluding tert-OH is 1. The molecule has 0 radical (unpaired) electrons. The second-order valence-corrected chi connectivity index (χ2v) is 2.55. The van der Waals surface area contributed by atoms with Crippen LogP contribution in [0.2, 0.25) is 0 Å². The SMILES string of the molecule is CC.CCc1ncn(CCO)c1C. The Morgan fingerprint density at radius 3 is 2.46 bits per heavy atom. The molecule has 76 valence electrons. The van der Waals surface area contributed by atoms with Crippen LogP contribution < -0.4 is 0 Å². The quantitative estimate of drug-likeness (QED) is 0.777. The van der Waals surface area contributed by atoms with Crippen LogP contribution in [0.5, 0.6) is 0 Å². The van der Waals surface area contributed by atoms with Gasteiger partial charge in [-0.1, -0.05) is 20.8 Å². The maximum Gasteiger partial charge on any atom is 0.0952 e. The Hall–Kier alpha value is -0.830. The van der Waals surface area contributed by atoms with Gasteiger partial charge in [-0.25, -0.2) is 4.98 Å². The molecule has 0 bridgehead atoms. The summed E-state index contributed by atoms with van der Waals surface area (Å²) in [4.78, 5) is 4.20. The van der Waals surface area contributed by atoms with E-state index in [1.165, 1.54) is 5.69 Å². The Morgan fingerprint density at radius 1 is 1.46 bits per heavy atom. The molecule has 1 rings (SSSR count). The fourth-order valence-corrected chi connectivity index (χ4v) is 1.17. The number of aromatic nitrogens is 2. The van der Waals surface area contributed by atoms with E-state index in [1.54, 1.807) is 6.33 Å². The highest BCUT2D eigenvalue weighted by molar-refractivity contribution is 5.10. The van der Waals surface area contributed by atoms with E-state index in [2.05, 4.69) is 11.9 Å². The monoisotopic (exact) mass is 184 g/mol. The van der Waals surface area contributed by atoms with Crippen molar-refractivity contribution in [3.05, 3.63) is 17.7 Å². The van der Waals surface area contributed by atoms with Gasteiger partial charge >= 0.3 is 0 Å². The van der Waals surface area contributed by atoms with Gasteiger partial charge in [0.2, 0.25) is 0 Å². The van der Waals surface area contributed by atoms with Gasteiger partial charge in [0.25, 0.3) is 0 Å². The number of aliphatic hydroxyl groups is 1. The van der Waals surface area contributed by atoms with Crippen LogP contribution >= 0.6 is 0 Å². The lowest BCUT2D eigenvalue weighted by atomic mass is 10.3. The van der Waals surface area contributed by atoms with E-state index in [-0.39, 0.29) is 6.61 Å². The Kier molecular flexibility index (Phi) is 6.24. The first kappa shape index (κ1) is 12.2. The van der Waals surface area contributed by atoms with E-state index in [9.17, 15) is 0 Å². The predicted molar refractivity (Wildman–Crippen MR) is 54.8 cm³/mol. The lowest BCUT2D eigenvalue weighted by Crippen LogP contribution is -2.02. The summed E-state index contributed by atoms with van der Waals surface area (Å²) in [6.45, 7) is 8.94. The van der Waals surface area contributed by atoms with Gasteiger partial charge in [-0.2, -0.15) is 0 Å². The molecule has 0 spiro atoms. The Bertz CT molecular complexity index is 231. The zero-order chi connectivity index (χ0) is 10.3. The van der Waals surface area contributed by atoms with Crippen LogP contribution in [0, 0.1) is 6.92 Å². The van der Waals surface area contributed by atoms with Gasteiger partial charge in [0.1, 0.15) is 0 Å². The average Bonchev–Trinajstić information content (AvgIpc) is 2.52. The molecule has 0 saturated carbocycles. The molecule has 0 aromatic carbocycles. The third kappa shape index (κ3) is 3.19. The molecule has 0 saturated heterocycles. The summed E-state index contributed by atoms with van der Waals surface area (Å²) >= 11 is 0. The van der Waals surface area contributed by atoms with Gasteiger partial charge in [-0.05, 0) is 13.3 Å². The molecule has 1 heterocycles. The van der Waals surface area contributed by atoms with Crippen molar-refractivity contribution in [2.75, 3.05) is 6.61 Å². The Balaban J connectivity index is 0.000000671. The molecule has 0 atom stereocenters. The van der Waals surface area contributed by atoms with Crippen LogP contribution in [0.1, 0.15) is 32.2 Å². The molecular formula is C10H20N2O. The van der Waals surface area contributed by atoms with E-state index in [4.69, 9.17) is 5.11 Å². The molecule has 1 N–H and O–H groups in total. The number of imidazole rings is 1. The molecule has 1 aromatic heterocycles. The molecular weight excluding hydrogens is 164 g/mol. The smallest absolute Gasteiger partial charge is 0.0952 e. The maximum atomic E-state index is 8.68. The van der Waals surface area contributed by atoms with Crippen molar-refractivity contribution < 1.29 is 5.11 Å². The normalized spacial score (nSPS) is 9.31. The van der Waals surface area contributed by atoms with Gasteiger partial charge in [0, 0.05) is 12.2 Å². The van der Waals surface area contributed by atoms with Gasteiger partial charge in [0.05, 0.1) is 18.6 Å². The van der Waals surface area contributed by atoms with Crippen LogP contribution in [0.3, 0.4) is 0 Å². The lowest BCUT2D eigenvalue weighted by Gasteiger charge is -2.01. The van der Waals surface area contributed by atoms with Crippen LogP contribution in [-0.2, 0) is 13.0 Å². The van der Waals surface area contributed by atoms with Gasteiger partial charge < -0.3 is 9.67 Å². The summed E-state index contributed by atoms with van der Waals surface area (Å²) in [5.74, 6) is 0. The van der Waals surface area contributed by atoms with Gasteiger partial charge in [0.15, 0.2) is 0 Å².